The molecule has 0 aliphatic rings. The van der Waals surface area contributed by atoms with Crippen molar-refractivity contribution in [1.82, 2.24) is 30.2 Å². The lowest BCUT2D eigenvalue weighted by molar-refractivity contribution is 0.0963. The summed E-state index contributed by atoms with van der Waals surface area (Å²) in [5.41, 5.74) is 4.48. The molecule has 8 heteroatoms. The number of fused-ring (bicyclic) bond motifs is 1. The van der Waals surface area contributed by atoms with Gasteiger partial charge in [0.2, 0.25) is 0 Å². The Labute approximate surface area is 190 Å². The maximum absolute atomic E-state index is 11.9. The minimum absolute atomic E-state index is 0.116. The van der Waals surface area contributed by atoms with Gasteiger partial charge in [0, 0.05) is 54.5 Å². The van der Waals surface area contributed by atoms with E-state index in [1.165, 1.54) is 0 Å². The molecule has 1 amide bonds. The van der Waals surface area contributed by atoms with E-state index in [-0.39, 0.29) is 5.91 Å². The summed E-state index contributed by atoms with van der Waals surface area (Å²) in [7, 11) is 1.62. The lowest BCUT2D eigenvalue weighted by Gasteiger charge is -2.23. The molecule has 0 unspecified atom stereocenters. The average Bonchev–Trinajstić information content (AvgIpc) is 3.36. The molecule has 4 heterocycles. The number of amides is 1. The number of pyridine rings is 2. The molecule has 2 N–H and O–H groups in total. The lowest BCUT2D eigenvalue weighted by atomic mass is 10.1. The van der Waals surface area contributed by atoms with Gasteiger partial charge in [-0.3, -0.25) is 9.78 Å². The van der Waals surface area contributed by atoms with Gasteiger partial charge in [0.1, 0.15) is 11.5 Å². The van der Waals surface area contributed by atoms with Gasteiger partial charge in [-0.05, 0) is 47.5 Å². The van der Waals surface area contributed by atoms with Crippen molar-refractivity contribution in [3.63, 3.8) is 0 Å². The third-order valence-corrected chi connectivity index (χ3v) is 5.37. The molecule has 0 saturated carbocycles. The number of H-pyrrole nitrogens is 1. The third kappa shape index (κ3) is 4.27. The maximum Gasteiger partial charge on any atom is 0.251 e. The van der Waals surface area contributed by atoms with Crippen molar-refractivity contribution in [2.45, 2.75) is 6.54 Å². The van der Waals surface area contributed by atoms with E-state index >= 15 is 0 Å². The highest BCUT2D eigenvalue weighted by Crippen LogP contribution is 2.29. The second kappa shape index (κ2) is 8.88. The molecule has 0 bridgehead atoms. The zero-order chi connectivity index (χ0) is 22.6. The number of aromatic amines is 1. The molecular weight excluding hydrogens is 414 g/mol. The number of carbonyl (C=O) groups is 1. The quantitative estimate of drug-likeness (QED) is 0.416. The van der Waals surface area contributed by atoms with Crippen molar-refractivity contribution in [2.24, 2.45) is 0 Å². The van der Waals surface area contributed by atoms with Crippen molar-refractivity contribution in [2.75, 3.05) is 11.9 Å². The van der Waals surface area contributed by atoms with Gasteiger partial charge in [0.25, 0.3) is 5.91 Å². The van der Waals surface area contributed by atoms with Crippen LogP contribution in [0.1, 0.15) is 15.9 Å². The molecule has 162 valence electrons. The number of hydrogen-bond acceptors (Lipinski definition) is 6. The second-order valence-corrected chi connectivity index (χ2v) is 7.47. The van der Waals surface area contributed by atoms with Gasteiger partial charge in [0.15, 0.2) is 5.82 Å². The highest BCUT2D eigenvalue weighted by Gasteiger charge is 2.15. The van der Waals surface area contributed by atoms with Crippen LogP contribution in [0.25, 0.3) is 22.2 Å². The molecule has 8 nitrogen and oxygen atoms in total. The van der Waals surface area contributed by atoms with E-state index in [4.69, 9.17) is 0 Å². The monoisotopic (exact) mass is 435 g/mol. The Bertz CT molecular complexity index is 1400. The van der Waals surface area contributed by atoms with Crippen molar-refractivity contribution in [3.05, 3.63) is 96.8 Å². The number of benzene rings is 1. The number of nitrogens with zero attached hydrogens (tertiary/aromatic N) is 5. The van der Waals surface area contributed by atoms with Gasteiger partial charge in [-0.2, -0.15) is 0 Å². The molecule has 0 spiro atoms. The van der Waals surface area contributed by atoms with E-state index < -0.39 is 0 Å². The van der Waals surface area contributed by atoms with Gasteiger partial charge in [-0.15, -0.1) is 0 Å². The smallest absolute Gasteiger partial charge is 0.251 e. The summed E-state index contributed by atoms with van der Waals surface area (Å²) in [6, 6.07) is 15.6. The Hall–Kier alpha value is -4.59. The maximum atomic E-state index is 11.9. The van der Waals surface area contributed by atoms with Crippen LogP contribution in [-0.4, -0.2) is 37.9 Å². The van der Waals surface area contributed by atoms with Crippen molar-refractivity contribution in [3.8, 4) is 11.1 Å². The minimum atomic E-state index is -0.116. The fourth-order valence-corrected chi connectivity index (χ4v) is 3.64. The Balaban J connectivity index is 1.50. The molecule has 5 rings (SSSR count). The molecule has 1 aromatic carbocycles. The summed E-state index contributed by atoms with van der Waals surface area (Å²) in [5.74, 6) is 1.30. The van der Waals surface area contributed by atoms with Crippen molar-refractivity contribution < 1.29 is 4.79 Å². The standard InChI is InChI=1S/C25H21N7O/c1-26-25(33)18-4-2-17(3-5-18)16-32(23-15-27-10-11-29-23)22-13-19(6-8-28-22)21-12-20-7-9-30-24(20)31-14-21/h2-15H,16H2,1H3,(H,26,33)(H,30,31). The Morgan fingerprint density at radius 3 is 2.55 bits per heavy atom. The van der Waals surface area contributed by atoms with Gasteiger partial charge < -0.3 is 15.2 Å². The summed E-state index contributed by atoms with van der Waals surface area (Å²) in [6.07, 6.45) is 10.5. The lowest BCUT2D eigenvalue weighted by Crippen LogP contribution is -2.20. The first-order valence-electron chi connectivity index (χ1n) is 10.5. The summed E-state index contributed by atoms with van der Waals surface area (Å²) < 4.78 is 0. The van der Waals surface area contributed by atoms with Crippen LogP contribution in [0.3, 0.4) is 0 Å². The molecule has 0 saturated heterocycles. The highest BCUT2D eigenvalue weighted by atomic mass is 16.1. The topological polar surface area (TPSA) is 99.7 Å². The Morgan fingerprint density at radius 1 is 0.909 bits per heavy atom. The molecule has 4 aromatic heterocycles. The molecule has 0 radical (unpaired) electrons. The molecule has 0 aliphatic heterocycles. The van der Waals surface area contributed by atoms with Crippen molar-refractivity contribution >= 4 is 28.6 Å². The van der Waals surface area contributed by atoms with Gasteiger partial charge in [-0.1, -0.05) is 12.1 Å². The zero-order valence-corrected chi connectivity index (χ0v) is 17.9. The van der Waals surface area contributed by atoms with Gasteiger partial charge >= 0.3 is 0 Å². The summed E-state index contributed by atoms with van der Waals surface area (Å²) in [6.45, 7) is 0.512. The zero-order valence-electron chi connectivity index (χ0n) is 17.9. The fraction of sp³-hybridized carbons (Fsp3) is 0.0800. The summed E-state index contributed by atoms with van der Waals surface area (Å²) >= 11 is 0. The SMILES string of the molecule is CNC(=O)c1ccc(CN(c2cnccn2)c2cc(-c3cnc4[nH]ccc4c3)ccn2)cc1. The Kier molecular flexibility index (Phi) is 5.47. The third-order valence-electron chi connectivity index (χ3n) is 5.37. The van der Waals surface area contributed by atoms with Crippen LogP contribution in [0.15, 0.2) is 85.7 Å². The molecule has 0 aliphatic carbocycles. The van der Waals surface area contributed by atoms with Crippen molar-refractivity contribution in [1.29, 1.82) is 0 Å². The normalized spacial score (nSPS) is 10.8. The first kappa shape index (κ1) is 20.3. The number of nitrogens with one attached hydrogen (secondary N) is 2. The summed E-state index contributed by atoms with van der Waals surface area (Å²) in [4.78, 5) is 34.8. The van der Waals surface area contributed by atoms with E-state index in [2.05, 4.69) is 36.3 Å². The highest BCUT2D eigenvalue weighted by molar-refractivity contribution is 5.94. The van der Waals surface area contributed by atoms with E-state index in [0.29, 0.717) is 17.9 Å². The molecular formula is C25H21N7O. The van der Waals surface area contributed by atoms with Crippen LogP contribution in [0, 0.1) is 0 Å². The number of hydrogen-bond donors (Lipinski definition) is 2. The van der Waals surface area contributed by atoms with Crippen LogP contribution in [0.5, 0.6) is 0 Å². The predicted molar refractivity (Wildman–Crippen MR) is 127 cm³/mol. The summed E-state index contributed by atoms with van der Waals surface area (Å²) in [5, 5.41) is 3.69. The number of aromatic nitrogens is 5. The molecule has 33 heavy (non-hydrogen) atoms. The van der Waals surface area contributed by atoms with E-state index in [1.54, 1.807) is 31.8 Å². The average molecular weight is 435 g/mol. The molecule has 0 fully saturated rings. The van der Waals surface area contributed by atoms with E-state index in [1.807, 2.05) is 59.8 Å². The number of rotatable bonds is 6. The minimum Gasteiger partial charge on any atom is -0.355 e. The van der Waals surface area contributed by atoms with E-state index in [9.17, 15) is 4.79 Å². The van der Waals surface area contributed by atoms with Crippen LogP contribution in [-0.2, 0) is 6.54 Å². The molecule has 5 aromatic rings. The van der Waals surface area contributed by atoms with Gasteiger partial charge in [-0.25, -0.2) is 15.0 Å². The van der Waals surface area contributed by atoms with Crippen LogP contribution in [0.2, 0.25) is 0 Å². The predicted octanol–water partition coefficient (Wildman–Crippen LogP) is 4.11. The first-order chi connectivity index (χ1) is 16.2. The van der Waals surface area contributed by atoms with Crippen LogP contribution >= 0.6 is 0 Å². The number of anilines is 2. The van der Waals surface area contributed by atoms with Crippen LogP contribution < -0.4 is 10.2 Å². The largest absolute Gasteiger partial charge is 0.355 e. The fourth-order valence-electron chi connectivity index (χ4n) is 3.64. The van der Waals surface area contributed by atoms with E-state index in [0.717, 1.165) is 33.5 Å². The van der Waals surface area contributed by atoms with Crippen LogP contribution in [0.4, 0.5) is 11.6 Å². The van der Waals surface area contributed by atoms with Gasteiger partial charge in [0.05, 0.1) is 12.7 Å². The second-order valence-electron chi connectivity index (χ2n) is 7.47. The first-order valence-corrected chi connectivity index (χ1v) is 10.5. The number of carbonyl (C=O) groups excluding carboxylic acids is 1. The molecule has 0 atom stereocenters. The Morgan fingerprint density at radius 2 is 1.76 bits per heavy atom.